The van der Waals surface area contributed by atoms with E-state index in [-0.39, 0.29) is 5.82 Å². The summed E-state index contributed by atoms with van der Waals surface area (Å²) in [6, 6.07) is 10.7. The van der Waals surface area contributed by atoms with E-state index in [2.05, 4.69) is 35.1 Å². The van der Waals surface area contributed by atoms with Crippen molar-refractivity contribution in [3.8, 4) is 11.5 Å². The van der Waals surface area contributed by atoms with E-state index in [1.54, 1.807) is 19.2 Å². The van der Waals surface area contributed by atoms with E-state index >= 15 is 0 Å². The maximum atomic E-state index is 13.0. The summed E-state index contributed by atoms with van der Waals surface area (Å²) in [6.45, 7) is 5.43. The Labute approximate surface area is 151 Å². The van der Waals surface area contributed by atoms with E-state index < -0.39 is 0 Å². The molecule has 1 unspecified atom stereocenters. The molecule has 0 aliphatic rings. The molecule has 3 nitrogen and oxygen atoms in total. The molecule has 130 valence electrons. The van der Waals surface area contributed by atoms with Crippen molar-refractivity contribution in [1.29, 1.82) is 0 Å². The second-order valence-electron chi connectivity index (χ2n) is 5.71. The van der Waals surface area contributed by atoms with E-state index in [4.69, 9.17) is 9.47 Å². The molecule has 0 heterocycles. The highest BCUT2D eigenvalue weighted by atomic mass is 79.9. The molecule has 0 radical (unpaired) electrons. The smallest absolute Gasteiger partial charge is 0.175 e. The summed E-state index contributed by atoms with van der Waals surface area (Å²) in [5.41, 5.74) is 2.01. The predicted octanol–water partition coefficient (Wildman–Crippen LogP) is 5.06. The number of hydrogen-bond acceptors (Lipinski definition) is 3. The number of halogens is 2. The Bertz CT molecular complexity index is 661. The fourth-order valence-electron chi connectivity index (χ4n) is 2.19. The summed E-state index contributed by atoms with van der Waals surface area (Å²) in [5, 5.41) is 3.46. The van der Waals surface area contributed by atoms with Gasteiger partial charge < -0.3 is 14.8 Å². The van der Waals surface area contributed by atoms with E-state index in [1.165, 1.54) is 12.1 Å². The van der Waals surface area contributed by atoms with Crippen LogP contribution in [-0.2, 0) is 13.2 Å². The molecule has 0 amide bonds. The third-order valence-electron chi connectivity index (χ3n) is 3.85. The fourth-order valence-corrected chi connectivity index (χ4v) is 2.79. The molecule has 0 saturated heterocycles. The van der Waals surface area contributed by atoms with Crippen molar-refractivity contribution >= 4 is 15.9 Å². The first kappa shape index (κ1) is 18.7. The van der Waals surface area contributed by atoms with Crippen LogP contribution in [0.4, 0.5) is 4.39 Å². The first-order valence-electron chi connectivity index (χ1n) is 8.00. The van der Waals surface area contributed by atoms with Gasteiger partial charge in [0.1, 0.15) is 12.4 Å². The first-order valence-corrected chi connectivity index (χ1v) is 8.79. The van der Waals surface area contributed by atoms with Crippen molar-refractivity contribution in [1.82, 2.24) is 5.32 Å². The van der Waals surface area contributed by atoms with Gasteiger partial charge in [-0.15, -0.1) is 0 Å². The normalized spacial score (nSPS) is 12.0. The number of nitrogens with one attached hydrogen (secondary N) is 1. The third-order valence-corrected chi connectivity index (χ3v) is 4.44. The SMILES string of the molecule is CCC(C)NCc1cc(Br)c(OCc2ccc(F)cc2)c(OC)c1. The quantitative estimate of drug-likeness (QED) is 0.676. The average Bonchev–Trinajstić information content (AvgIpc) is 2.59. The maximum Gasteiger partial charge on any atom is 0.175 e. The number of hydrogen-bond donors (Lipinski definition) is 1. The molecule has 0 bridgehead atoms. The number of ether oxygens (including phenoxy) is 2. The zero-order valence-corrected chi connectivity index (χ0v) is 15.8. The van der Waals surface area contributed by atoms with Crippen molar-refractivity contribution in [2.24, 2.45) is 0 Å². The van der Waals surface area contributed by atoms with Gasteiger partial charge in [-0.3, -0.25) is 0 Å². The molecule has 2 aromatic carbocycles. The van der Waals surface area contributed by atoms with Gasteiger partial charge in [0, 0.05) is 12.6 Å². The van der Waals surface area contributed by atoms with Crippen LogP contribution in [0.15, 0.2) is 40.9 Å². The molecule has 2 rings (SSSR count). The van der Waals surface area contributed by atoms with E-state index in [0.29, 0.717) is 24.1 Å². The molecular weight excluding hydrogens is 373 g/mol. The second kappa shape index (κ2) is 9.04. The highest BCUT2D eigenvalue weighted by Crippen LogP contribution is 2.37. The van der Waals surface area contributed by atoms with Crippen molar-refractivity contribution < 1.29 is 13.9 Å². The second-order valence-corrected chi connectivity index (χ2v) is 6.57. The maximum absolute atomic E-state index is 13.0. The van der Waals surface area contributed by atoms with Crippen LogP contribution in [0.25, 0.3) is 0 Å². The Kier molecular flexibility index (Phi) is 7.06. The predicted molar refractivity (Wildman–Crippen MR) is 98.0 cm³/mol. The first-order chi connectivity index (χ1) is 11.5. The lowest BCUT2D eigenvalue weighted by molar-refractivity contribution is 0.282. The van der Waals surface area contributed by atoms with Crippen molar-refractivity contribution in [3.63, 3.8) is 0 Å². The summed E-state index contributed by atoms with van der Waals surface area (Å²) in [5.74, 6) is 1.07. The topological polar surface area (TPSA) is 30.5 Å². The molecule has 0 aliphatic carbocycles. The molecule has 0 saturated carbocycles. The summed E-state index contributed by atoms with van der Waals surface area (Å²) >= 11 is 3.56. The van der Waals surface area contributed by atoms with Crippen LogP contribution in [0.1, 0.15) is 31.4 Å². The molecule has 0 aromatic heterocycles. The molecule has 24 heavy (non-hydrogen) atoms. The number of rotatable bonds is 8. The Morgan fingerprint density at radius 2 is 1.88 bits per heavy atom. The van der Waals surface area contributed by atoms with Gasteiger partial charge in [-0.25, -0.2) is 4.39 Å². The van der Waals surface area contributed by atoms with Crippen LogP contribution in [0.5, 0.6) is 11.5 Å². The van der Waals surface area contributed by atoms with E-state index in [0.717, 1.165) is 28.6 Å². The molecule has 5 heteroatoms. The zero-order valence-electron chi connectivity index (χ0n) is 14.2. The molecule has 1 N–H and O–H groups in total. The Balaban J connectivity index is 2.10. The minimum Gasteiger partial charge on any atom is -0.493 e. The molecule has 1 atom stereocenters. The van der Waals surface area contributed by atoms with Gasteiger partial charge in [0.25, 0.3) is 0 Å². The van der Waals surface area contributed by atoms with Crippen LogP contribution in [0.2, 0.25) is 0 Å². The van der Waals surface area contributed by atoms with Crippen LogP contribution in [0.3, 0.4) is 0 Å². The Hall–Kier alpha value is -1.59. The Morgan fingerprint density at radius 3 is 2.50 bits per heavy atom. The molecule has 0 fully saturated rings. The highest BCUT2D eigenvalue weighted by molar-refractivity contribution is 9.10. The summed E-state index contributed by atoms with van der Waals surface area (Å²) in [4.78, 5) is 0. The van der Waals surface area contributed by atoms with Gasteiger partial charge in [-0.1, -0.05) is 19.1 Å². The minimum atomic E-state index is -0.254. The van der Waals surface area contributed by atoms with Gasteiger partial charge >= 0.3 is 0 Å². The summed E-state index contributed by atoms with van der Waals surface area (Å²) < 4.78 is 25.1. The van der Waals surface area contributed by atoms with Crippen molar-refractivity contribution in [3.05, 3.63) is 57.8 Å². The van der Waals surface area contributed by atoms with Crippen LogP contribution >= 0.6 is 15.9 Å². The lowest BCUT2D eigenvalue weighted by Gasteiger charge is -2.16. The van der Waals surface area contributed by atoms with E-state index in [9.17, 15) is 4.39 Å². The number of benzene rings is 2. The number of methoxy groups -OCH3 is 1. The summed E-state index contributed by atoms with van der Waals surface area (Å²) in [7, 11) is 1.62. The average molecular weight is 396 g/mol. The largest absolute Gasteiger partial charge is 0.493 e. The Morgan fingerprint density at radius 1 is 1.17 bits per heavy atom. The van der Waals surface area contributed by atoms with Gasteiger partial charge in [-0.2, -0.15) is 0 Å². The van der Waals surface area contributed by atoms with Crippen LogP contribution < -0.4 is 14.8 Å². The van der Waals surface area contributed by atoms with Gasteiger partial charge in [0.15, 0.2) is 11.5 Å². The summed E-state index contributed by atoms with van der Waals surface area (Å²) in [6.07, 6.45) is 1.08. The fraction of sp³-hybridized carbons (Fsp3) is 0.368. The van der Waals surface area contributed by atoms with E-state index in [1.807, 2.05) is 12.1 Å². The lowest BCUT2D eigenvalue weighted by Crippen LogP contribution is -2.24. The standard InChI is InChI=1S/C19H23BrFNO2/c1-4-13(2)22-11-15-9-17(20)19(18(10-15)23-3)24-12-14-5-7-16(21)8-6-14/h5-10,13,22H,4,11-12H2,1-3H3. The van der Waals surface area contributed by atoms with Crippen LogP contribution in [-0.4, -0.2) is 13.2 Å². The minimum absolute atomic E-state index is 0.254. The molecule has 2 aromatic rings. The van der Waals surface area contributed by atoms with Gasteiger partial charge in [0.05, 0.1) is 11.6 Å². The monoisotopic (exact) mass is 395 g/mol. The highest BCUT2D eigenvalue weighted by Gasteiger charge is 2.12. The van der Waals surface area contributed by atoms with Crippen molar-refractivity contribution in [2.75, 3.05) is 7.11 Å². The molecule has 0 aliphatic heterocycles. The molecule has 0 spiro atoms. The van der Waals surface area contributed by atoms with Crippen molar-refractivity contribution in [2.45, 2.75) is 39.5 Å². The third kappa shape index (κ3) is 5.21. The van der Waals surface area contributed by atoms with Crippen LogP contribution in [0, 0.1) is 5.82 Å². The zero-order chi connectivity index (χ0) is 17.5. The lowest BCUT2D eigenvalue weighted by atomic mass is 10.1. The van der Waals surface area contributed by atoms with Gasteiger partial charge in [0.2, 0.25) is 0 Å². The molecular formula is C19H23BrFNO2. The van der Waals surface area contributed by atoms with Gasteiger partial charge in [-0.05, 0) is 64.7 Å².